The Labute approximate surface area is 122 Å². The molecule has 0 saturated heterocycles. The maximum Gasteiger partial charge on any atom is 0.323 e. The molecule has 0 aliphatic heterocycles. The lowest BCUT2D eigenvalue weighted by Gasteiger charge is -2.58. The van der Waals surface area contributed by atoms with Crippen LogP contribution in [0.2, 0.25) is 0 Å². The first-order chi connectivity index (χ1) is 9.31. The largest absolute Gasteiger partial charge is 0.468 e. The monoisotopic (exact) mass is 279 g/mol. The molecule has 4 rings (SSSR count). The lowest BCUT2D eigenvalue weighted by molar-refractivity contribution is -0.148. The Hall–Kier alpha value is -0.570. The van der Waals surface area contributed by atoms with Crippen LogP contribution in [0.1, 0.15) is 59.3 Å². The number of carbonyl (C=O) groups excluding carboxylic acids is 1. The van der Waals surface area contributed by atoms with Gasteiger partial charge in [-0.3, -0.25) is 10.1 Å². The Morgan fingerprint density at radius 3 is 1.90 bits per heavy atom. The van der Waals surface area contributed by atoms with Gasteiger partial charge in [0, 0.05) is 5.54 Å². The molecule has 1 N–H and O–H groups in total. The minimum absolute atomic E-state index is 0.101. The van der Waals surface area contributed by atoms with Crippen molar-refractivity contribution in [3.05, 3.63) is 0 Å². The molecule has 114 valence electrons. The summed E-state index contributed by atoms with van der Waals surface area (Å²) in [6, 6.07) is -0.191. The molecule has 0 spiro atoms. The predicted octanol–water partition coefficient (Wildman–Crippen LogP) is 3.13. The lowest BCUT2D eigenvalue weighted by atomic mass is 9.52. The fourth-order valence-corrected chi connectivity index (χ4v) is 5.34. The van der Waals surface area contributed by atoms with Gasteiger partial charge >= 0.3 is 5.97 Å². The molecule has 1 atom stereocenters. The van der Waals surface area contributed by atoms with Crippen LogP contribution < -0.4 is 5.32 Å². The van der Waals surface area contributed by atoms with Gasteiger partial charge in [-0.25, -0.2) is 0 Å². The first kappa shape index (κ1) is 14.4. The van der Waals surface area contributed by atoms with Crippen molar-refractivity contribution < 1.29 is 9.53 Å². The third-order valence-corrected chi connectivity index (χ3v) is 5.79. The summed E-state index contributed by atoms with van der Waals surface area (Å²) in [6.07, 6.45) is 8.09. The SMILES string of the molecule is COC(=O)C(NC12CC3CC(CC(C3)C1)C2)C(C)(C)C. The second kappa shape index (κ2) is 4.72. The molecule has 3 heteroatoms. The Bertz CT molecular complexity index is 361. The van der Waals surface area contributed by atoms with Crippen molar-refractivity contribution in [1.29, 1.82) is 0 Å². The quantitative estimate of drug-likeness (QED) is 0.807. The molecule has 3 nitrogen and oxygen atoms in total. The zero-order valence-electron chi connectivity index (χ0n) is 13.4. The van der Waals surface area contributed by atoms with Crippen LogP contribution in [0.15, 0.2) is 0 Å². The van der Waals surface area contributed by atoms with Gasteiger partial charge in [0.25, 0.3) is 0 Å². The molecule has 0 aromatic rings. The summed E-state index contributed by atoms with van der Waals surface area (Å²) in [4.78, 5) is 12.2. The minimum Gasteiger partial charge on any atom is -0.468 e. The van der Waals surface area contributed by atoms with Crippen LogP contribution in [0.25, 0.3) is 0 Å². The van der Waals surface area contributed by atoms with Gasteiger partial charge < -0.3 is 4.74 Å². The summed E-state index contributed by atoms with van der Waals surface area (Å²) in [6.45, 7) is 6.38. The van der Waals surface area contributed by atoms with E-state index in [-0.39, 0.29) is 23.0 Å². The molecule has 1 unspecified atom stereocenters. The Kier molecular flexibility index (Phi) is 3.39. The number of hydrogen-bond donors (Lipinski definition) is 1. The number of hydrogen-bond acceptors (Lipinski definition) is 3. The summed E-state index contributed by atoms with van der Waals surface area (Å²) in [5, 5.41) is 3.78. The standard InChI is InChI=1S/C17H29NO2/c1-16(2,3)14(15(19)20-4)18-17-8-11-5-12(9-17)7-13(6-11)10-17/h11-14,18H,5-10H2,1-4H3. The maximum absolute atomic E-state index is 12.2. The molecule has 0 aromatic heterocycles. The van der Waals surface area contributed by atoms with Crippen LogP contribution in [-0.2, 0) is 9.53 Å². The Morgan fingerprint density at radius 2 is 1.55 bits per heavy atom. The molecule has 20 heavy (non-hydrogen) atoms. The van der Waals surface area contributed by atoms with Gasteiger partial charge in [0.2, 0.25) is 0 Å². The lowest BCUT2D eigenvalue weighted by Crippen LogP contribution is -2.64. The first-order valence-corrected chi connectivity index (χ1v) is 8.17. The molecule has 0 radical (unpaired) electrons. The van der Waals surface area contributed by atoms with Crippen molar-refractivity contribution in [3.8, 4) is 0 Å². The molecule has 4 saturated carbocycles. The van der Waals surface area contributed by atoms with E-state index < -0.39 is 0 Å². The molecule has 4 fully saturated rings. The van der Waals surface area contributed by atoms with Crippen molar-refractivity contribution in [1.82, 2.24) is 5.32 Å². The highest BCUT2D eigenvalue weighted by Crippen LogP contribution is 2.56. The summed E-state index contributed by atoms with van der Waals surface area (Å²) >= 11 is 0. The summed E-state index contributed by atoms with van der Waals surface area (Å²) in [7, 11) is 1.50. The smallest absolute Gasteiger partial charge is 0.323 e. The van der Waals surface area contributed by atoms with Crippen molar-refractivity contribution in [2.24, 2.45) is 23.2 Å². The van der Waals surface area contributed by atoms with E-state index in [9.17, 15) is 4.79 Å². The minimum atomic E-state index is -0.191. The number of carbonyl (C=O) groups is 1. The summed E-state index contributed by atoms with van der Waals surface area (Å²) < 4.78 is 5.05. The second-order valence-corrected chi connectivity index (χ2v) is 8.66. The van der Waals surface area contributed by atoms with E-state index in [1.807, 2.05) is 0 Å². The van der Waals surface area contributed by atoms with Crippen molar-refractivity contribution in [2.45, 2.75) is 70.9 Å². The van der Waals surface area contributed by atoms with E-state index in [4.69, 9.17) is 4.74 Å². The highest BCUT2D eigenvalue weighted by molar-refractivity contribution is 5.76. The van der Waals surface area contributed by atoms with Crippen LogP contribution in [0, 0.1) is 23.2 Å². The summed E-state index contributed by atoms with van der Waals surface area (Å²) in [5.41, 5.74) is 0.108. The number of nitrogens with one attached hydrogen (secondary N) is 1. The van der Waals surface area contributed by atoms with Crippen LogP contribution in [0.4, 0.5) is 0 Å². The van der Waals surface area contributed by atoms with Crippen LogP contribution >= 0.6 is 0 Å². The van der Waals surface area contributed by atoms with Crippen LogP contribution in [0.3, 0.4) is 0 Å². The molecular formula is C17H29NO2. The van der Waals surface area contributed by atoms with E-state index in [2.05, 4.69) is 26.1 Å². The number of ether oxygens (including phenoxy) is 1. The topological polar surface area (TPSA) is 38.3 Å². The van der Waals surface area contributed by atoms with Gasteiger partial charge in [-0.1, -0.05) is 20.8 Å². The van der Waals surface area contributed by atoms with Gasteiger partial charge in [-0.05, 0) is 61.7 Å². The van der Waals surface area contributed by atoms with Crippen molar-refractivity contribution in [2.75, 3.05) is 7.11 Å². The van der Waals surface area contributed by atoms with Gasteiger partial charge in [0.15, 0.2) is 0 Å². The van der Waals surface area contributed by atoms with Gasteiger partial charge in [-0.2, -0.15) is 0 Å². The number of rotatable bonds is 3. The highest BCUT2D eigenvalue weighted by Gasteiger charge is 2.52. The zero-order chi connectivity index (χ0) is 14.5. The van der Waals surface area contributed by atoms with E-state index >= 15 is 0 Å². The third kappa shape index (κ3) is 2.49. The van der Waals surface area contributed by atoms with Crippen LogP contribution in [0.5, 0.6) is 0 Å². The molecular weight excluding hydrogens is 250 g/mol. The van der Waals surface area contributed by atoms with Crippen molar-refractivity contribution >= 4 is 5.97 Å². The highest BCUT2D eigenvalue weighted by atomic mass is 16.5. The molecule has 4 bridgehead atoms. The third-order valence-electron chi connectivity index (χ3n) is 5.79. The Balaban J connectivity index is 1.80. The second-order valence-electron chi connectivity index (χ2n) is 8.66. The molecule has 0 heterocycles. The van der Waals surface area contributed by atoms with E-state index in [0.717, 1.165) is 17.8 Å². The first-order valence-electron chi connectivity index (χ1n) is 8.17. The fourth-order valence-electron chi connectivity index (χ4n) is 5.34. The average molecular weight is 279 g/mol. The molecule has 0 aromatic carbocycles. The maximum atomic E-state index is 12.2. The normalized spacial score (nSPS) is 40.7. The number of methoxy groups -OCH3 is 1. The summed E-state index contributed by atoms with van der Waals surface area (Å²) in [5.74, 6) is 2.58. The predicted molar refractivity (Wildman–Crippen MR) is 79.3 cm³/mol. The fraction of sp³-hybridized carbons (Fsp3) is 0.941. The van der Waals surface area contributed by atoms with E-state index in [1.54, 1.807) is 0 Å². The molecule has 0 amide bonds. The van der Waals surface area contributed by atoms with Gasteiger partial charge in [0.1, 0.15) is 6.04 Å². The van der Waals surface area contributed by atoms with Crippen LogP contribution in [-0.4, -0.2) is 24.7 Å². The Morgan fingerprint density at radius 1 is 1.10 bits per heavy atom. The average Bonchev–Trinajstić information content (AvgIpc) is 2.32. The molecule has 4 aliphatic carbocycles. The zero-order valence-corrected chi connectivity index (χ0v) is 13.4. The van der Waals surface area contributed by atoms with Gasteiger partial charge in [0.05, 0.1) is 7.11 Å². The number of esters is 1. The van der Waals surface area contributed by atoms with Crippen molar-refractivity contribution in [3.63, 3.8) is 0 Å². The van der Waals surface area contributed by atoms with Gasteiger partial charge in [-0.15, -0.1) is 0 Å². The van der Waals surface area contributed by atoms with E-state index in [0.29, 0.717) is 0 Å². The van der Waals surface area contributed by atoms with E-state index in [1.165, 1.54) is 45.6 Å². The molecule has 4 aliphatic rings.